The van der Waals surface area contributed by atoms with E-state index in [1.807, 2.05) is 18.2 Å². The van der Waals surface area contributed by atoms with E-state index >= 15 is 0 Å². The predicted molar refractivity (Wildman–Crippen MR) is 62.6 cm³/mol. The van der Waals surface area contributed by atoms with Crippen molar-refractivity contribution in [1.29, 1.82) is 0 Å². The molecule has 0 fully saturated rings. The Bertz CT molecular complexity index is 688. The first kappa shape index (κ1) is 9.72. The van der Waals surface area contributed by atoms with Crippen molar-refractivity contribution >= 4 is 17.3 Å². The van der Waals surface area contributed by atoms with Gasteiger partial charge in [0, 0.05) is 18.0 Å². The van der Waals surface area contributed by atoms with Crippen molar-refractivity contribution in [3.8, 4) is 11.3 Å². The van der Waals surface area contributed by atoms with Gasteiger partial charge in [-0.05, 0) is 30.3 Å². The predicted octanol–water partition coefficient (Wildman–Crippen LogP) is 2.70. The number of fused-ring (bicyclic) bond motifs is 1. The summed E-state index contributed by atoms with van der Waals surface area (Å²) in [6.07, 6.45) is 3.98. The molecule has 2 heterocycles. The Hall–Kier alpha value is -2.49. The minimum atomic E-state index is 0.319. The van der Waals surface area contributed by atoms with E-state index in [0.717, 1.165) is 16.6 Å². The minimum absolute atomic E-state index is 0.319. The van der Waals surface area contributed by atoms with E-state index in [1.54, 1.807) is 24.5 Å². The third-order valence-electron chi connectivity index (χ3n) is 2.50. The number of furan rings is 1. The highest BCUT2D eigenvalue weighted by molar-refractivity contribution is 5.80. The topological polar surface area (TPSA) is 56.0 Å². The van der Waals surface area contributed by atoms with Crippen LogP contribution in [-0.4, -0.2) is 16.3 Å². The van der Waals surface area contributed by atoms with Crippen molar-refractivity contribution in [3.63, 3.8) is 0 Å². The zero-order valence-electron chi connectivity index (χ0n) is 8.83. The fourth-order valence-corrected chi connectivity index (χ4v) is 1.69. The molecular weight excluding hydrogens is 216 g/mol. The van der Waals surface area contributed by atoms with Crippen LogP contribution >= 0.6 is 0 Å². The number of carbonyl (C=O) groups excluding carboxylic acids is 1. The Balaban J connectivity index is 2.14. The Morgan fingerprint density at radius 3 is 2.59 bits per heavy atom. The van der Waals surface area contributed by atoms with E-state index in [0.29, 0.717) is 17.8 Å². The van der Waals surface area contributed by atoms with Crippen molar-refractivity contribution in [3.05, 3.63) is 48.5 Å². The summed E-state index contributed by atoms with van der Waals surface area (Å²) in [6, 6.07) is 9.06. The normalized spacial score (nSPS) is 10.6. The largest absolute Gasteiger partial charge is 0.453 e. The SMILES string of the molecule is O=Cc1ccc(-c2ccc3nccnc3c2)o1. The van der Waals surface area contributed by atoms with Crippen LogP contribution in [0.25, 0.3) is 22.4 Å². The van der Waals surface area contributed by atoms with Gasteiger partial charge in [-0.25, -0.2) is 0 Å². The molecule has 0 amide bonds. The molecular formula is C13H8N2O2. The van der Waals surface area contributed by atoms with Gasteiger partial charge < -0.3 is 4.42 Å². The Morgan fingerprint density at radius 1 is 1.00 bits per heavy atom. The van der Waals surface area contributed by atoms with Gasteiger partial charge in [-0.15, -0.1) is 0 Å². The standard InChI is InChI=1S/C13H8N2O2/c16-8-10-2-4-13(17-10)9-1-3-11-12(7-9)15-6-5-14-11/h1-8H. The van der Waals surface area contributed by atoms with Crippen LogP contribution < -0.4 is 0 Å². The maximum Gasteiger partial charge on any atom is 0.185 e. The molecule has 0 unspecified atom stereocenters. The molecule has 0 radical (unpaired) electrons. The average Bonchev–Trinajstić information content (AvgIpc) is 2.87. The van der Waals surface area contributed by atoms with Gasteiger partial charge in [-0.3, -0.25) is 14.8 Å². The number of rotatable bonds is 2. The smallest absolute Gasteiger partial charge is 0.185 e. The van der Waals surface area contributed by atoms with Gasteiger partial charge in [0.25, 0.3) is 0 Å². The second-order valence-corrected chi connectivity index (χ2v) is 3.58. The van der Waals surface area contributed by atoms with Crippen molar-refractivity contribution in [2.24, 2.45) is 0 Å². The molecule has 0 saturated heterocycles. The fraction of sp³-hybridized carbons (Fsp3) is 0. The zero-order valence-corrected chi connectivity index (χ0v) is 8.83. The van der Waals surface area contributed by atoms with Gasteiger partial charge in [0.1, 0.15) is 5.76 Å². The lowest BCUT2D eigenvalue weighted by atomic mass is 10.1. The van der Waals surface area contributed by atoms with E-state index in [2.05, 4.69) is 9.97 Å². The summed E-state index contributed by atoms with van der Waals surface area (Å²) in [5.41, 5.74) is 2.51. The van der Waals surface area contributed by atoms with E-state index in [9.17, 15) is 4.79 Å². The minimum Gasteiger partial charge on any atom is -0.453 e. The van der Waals surface area contributed by atoms with Crippen molar-refractivity contribution < 1.29 is 9.21 Å². The van der Waals surface area contributed by atoms with Crippen LogP contribution in [-0.2, 0) is 0 Å². The third-order valence-corrected chi connectivity index (χ3v) is 2.50. The molecule has 4 heteroatoms. The van der Waals surface area contributed by atoms with Gasteiger partial charge in [0.05, 0.1) is 11.0 Å². The summed E-state index contributed by atoms with van der Waals surface area (Å²) in [5, 5.41) is 0. The summed E-state index contributed by atoms with van der Waals surface area (Å²) in [7, 11) is 0. The van der Waals surface area contributed by atoms with Crippen molar-refractivity contribution in [2.45, 2.75) is 0 Å². The highest BCUT2D eigenvalue weighted by Gasteiger charge is 2.05. The lowest BCUT2D eigenvalue weighted by molar-refractivity contribution is 0.110. The number of benzene rings is 1. The van der Waals surface area contributed by atoms with E-state index in [-0.39, 0.29) is 0 Å². The van der Waals surface area contributed by atoms with Crippen molar-refractivity contribution in [1.82, 2.24) is 9.97 Å². The molecule has 82 valence electrons. The Morgan fingerprint density at radius 2 is 1.82 bits per heavy atom. The quantitative estimate of drug-likeness (QED) is 0.628. The molecule has 2 aromatic heterocycles. The molecule has 1 aromatic carbocycles. The summed E-state index contributed by atoms with van der Waals surface area (Å²) in [6.45, 7) is 0. The molecule has 0 spiro atoms. The van der Waals surface area contributed by atoms with Crippen LogP contribution in [0, 0.1) is 0 Å². The van der Waals surface area contributed by atoms with Gasteiger partial charge >= 0.3 is 0 Å². The van der Waals surface area contributed by atoms with E-state index in [4.69, 9.17) is 4.42 Å². The highest BCUT2D eigenvalue weighted by atomic mass is 16.3. The Kier molecular flexibility index (Phi) is 2.19. The van der Waals surface area contributed by atoms with E-state index < -0.39 is 0 Å². The first-order valence-corrected chi connectivity index (χ1v) is 5.13. The highest BCUT2D eigenvalue weighted by Crippen LogP contribution is 2.24. The second-order valence-electron chi connectivity index (χ2n) is 3.58. The average molecular weight is 224 g/mol. The van der Waals surface area contributed by atoms with Gasteiger partial charge in [0.2, 0.25) is 0 Å². The van der Waals surface area contributed by atoms with Gasteiger partial charge in [-0.2, -0.15) is 0 Å². The van der Waals surface area contributed by atoms with Gasteiger partial charge in [0.15, 0.2) is 12.0 Å². The third kappa shape index (κ3) is 1.69. The molecule has 0 aliphatic rings. The molecule has 4 nitrogen and oxygen atoms in total. The lowest BCUT2D eigenvalue weighted by Crippen LogP contribution is -1.82. The first-order chi connectivity index (χ1) is 8.36. The maximum atomic E-state index is 10.5. The molecule has 0 atom stereocenters. The number of carbonyl (C=O) groups is 1. The van der Waals surface area contributed by atoms with Gasteiger partial charge in [-0.1, -0.05) is 0 Å². The number of aromatic nitrogens is 2. The molecule has 0 saturated carbocycles. The second kappa shape index (κ2) is 3.83. The first-order valence-electron chi connectivity index (χ1n) is 5.13. The Labute approximate surface area is 96.9 Å². The van der Waals surface area contributed by atoms with E-state index in [1.165, 1.54) is 0 Å². The van der Waals surface area contributed by atoms with Crippen LogP contribution in [0.15, 0.2) is 47.1 Å². The summed E-state index contributed by atoms with van der Waals surface area (Å²) < 4.78 is 5.35. The van der Waals surface area contributed by atoms with Crippen LogP contribution in [0.2, 0.25) is 0 Å². The van der Waals surface area contributed by atoms with Crippen LogP contribution in [0.4, 0.5) is 0 Å². The monoisotopic (exact) mass is 224 g/mol. The maximum absolute atomic E-state index is 10.5. The summed E-state index contributed by atoms with van der Waals surface area (Å²) in [5.74, 6) is 0.971. The van der Waals surface area contributed by atoms with Crippen LogP contribution in [0.3, 0.4) is 0 Å². The van der Waals surface area contributed by atoms with Crippen LogP contribution in [0.1, 0.15) is 10.6 Å². The number of nitrogens with zero attached hydrogens (tertiary/aromatic N) is 2. The summed E-state index contributed by atoms with van der Waals surface area (Å²) in [4.78, 5) is 19.0. The molecule has 0 bridgehead atoms. The van der Waals surface area contributed by atoms with Crippen LogP contribution in [0.5, 0.6) is 0 Å². The summed E-state index contributed by atoms with van der Waals surface area (Å²) >= 11 is 0. The number of aldehydes is 1. The molecule has 0 aliphatic carbocycles. The lowest BCUT2D eigenvalue weighted by Gasteiger charge is -1.99. The fourth-order valence-electron chi connectivity index (χ4n) is 1.69. The molecule has 17 heavy (non-hydrogen) atoms. The molecule has 3 rings (SSSR count). The number of hydrogen-bond donors (Lipinski definition) is 0. The molecule has 0 N–H and O–H groups in total. The molecule has 3 aromatic rings. The number of hydrogen-bond acceptors (Lipinski definition) is 4. The van der Waals surface area contributed by atoms with Crippen molar-refractivity contribution in [2.75, 3.05) is 0 Å². The zero-order chi connectivity index (χ0) is 11.7. The molecule has 0 aliphatic heterocycles.